The molecule has 0 radical (unpaired) electrons. The van der Waals surface area contributed by atoms with Gasteiger partial charge in [-0.15, -0.1) is 0 Å². The Morgan fingerprint density at radius 2 is 1.56 bits per heavy atom. The molecule has 48 heavy (non-hydrogen) atoms. The molecule has 8 nitrogen and oxygen atoms in total. The number of piperidine rings is 1. The topological polar surface area (TPSA) is 108 Å². The first-order valence-electron chi connectivity index (χ1n) is 16.4. The number of halogens is 1. The fourth-order valence-electron chi connectivity index (χ4n) is 6.47. The van der Waals surface area contributed by atoms with Crippen molar-refractivity contribution in [3.05, 3.63) is 135 Å². The van der Waals surface area contributed by atoms with Crippen molar-refractivity contribution in [3.8, 4) is 0 Å². The van der Waals surface area contributed by atoms with Crippen molar-refractivity contribution in [2.75, 3.05) is 25.0 Å². The van der Waals surface area contributed by atoms with Gasteiger partial charge >= 0.3 is 0 Å². The summed E-state index contributed by atoms with van der Waals surface area (Å²) in [7, 11) is 0. The first kappa shape index (κ1) is 34.0. The molecule has 0 aliphatic carbocycles. The Kier molecular flexibility index (Phi) is 10.7. The Morgan fingerprint density at radius 1 is 0.896 bits per heavy atom. The molecule has 4 aromatic rings. The molecule has 250 valence electrons. The minimum Gasteiger partial charge on any atom is -0.392 e. The number of carbonyl (C=O) groups excluding carboxylic acids is 2. The molecule has 2 heterocycles. The van der Waals surface area contributed by atoms with Gasteiger partial charge in [0.2, 0.25) is 5.91 Å². The molecular weight excluding hydrogens is 628 g/mol. The van der Waals surface area contributed by atoms with E-state index < -0.39 is 11.9 Å². The number of nitrogens with one attached hydrogen (secondary N) is 1. The van der Waals surface area contributed by atoms with E-state index in [-0.39, 0.29) is 36.9 Å². The maximum Gasteiger partial charge on any atom is 0.228 e. The summed E-state index contributed by atoms with van der Waals surface area (Å²) in [6.45, 7) is 3.64. The summed E-state index contributed by atoms with van der Waals surface area (Å²) in [4.78, 5) is 26.8. The second-order valence-electron chi connectivity index (χ2n) is 12.8. The lowest BCUT2D eigenvalue weighted by atomic mass is 9.84. The van der Waals surface area contributed by atoms with Gasteiger partial charge in [0.05, 0.1) is 30.8 Å². The van der Waals surface area contributed by atoms with E-state index in [9.17, 15) is 19.8 Å². The zero-order valence-corrected chi connectivity index (χ0v) is 27.7. The van der Waals surface area contributed by atoms with Crippen LogP contribution >= 0.6 is 11.6 Å². The van der Waals surface area contributed by atoms with E-state index in [1.165, 1.54) is 6.92 Å². The summed E-state index contributed by atoms with van der Waals surface area (Å²) in [5.74, 6) is -0.234. The first-order valence-corrected chi connectivity index (χ1v) is 16.8. The van der Waals surface area contributed by atoms with E-state index in [1.807, 2.05) is 72.8 Å². The van der Waals surface area contributed by atoms with E-state index in [0.29, 0.717) is 42.1 Å². The van der Waals surface area contributed by atoms with Gasteiger partial charge in [0.1, 0.15) is 0 Å². The minimum absolute atomic E-state index is 0.0212. The van der Waals surface area contributed by atoms with Crippen molar-refractivity contribution < 1.29 is 29.3 Å². The van der Waals surface area contributed by atoms with Gasteiger partial charge in [0, 0.05) is 47.9 Å². The molecule has 9 heteroatoms. The number of ether oxygens (including phenoxy) is 2. The molecule has 2 fully saturated rings. The summed E-state index contributed by atoms with van der Waals surface area (Å²) in [6.07, 6.45) is 1.12. The number of ketones is 1. The molecule has 2 aliphatic heterocycles. The number of anilines is 1. The van der Waals surface area contributed by atoms with E-state index in [2.05, 4.69) is 10.2 Å². The van der Waals surface area contributed by atoms with Crippen LogP contribution in [0.2, 0.25) is 5.02 Å². The summed E-state index contributed by atoms with van der Waals surface area (Å²) in [5, 5.41) is 24.5. The highest BCUT2D eigenvalue weighted by atomic mass is 35.5. The molecule has 2 aliphatic rings. The number of nitrogens with zero attached hydrogens (tertiary/aromatic N) is 1. The Balaban J connectivity index is 1.12. The number of aliphatic hydroxyl groups is 2. The van der Waals surface area contributed by atoms with E-state index >= 15 is 0 Å². The third kappa shape index (κ3) is 8.39. The van der Waals surface area contributed by atoms with Crippen molar-refractivity contribution in [2.24, 2.45) is 0 Å². The monoisotopic (exact) mass is 668 g/mol. The average Bonchev–Trinajstić information content (AvgIpc) is 3.10. The van der Waals surface area contributed by atoms with Crippen molar-refractivity contribution >= 4 is 29.0 Å². The number of benzene rings is 4. The molecule has 4 aromatic carbocycles. The first-order chi connectivity index (χ1) is 23.2. The number of hydrogen-bond donors (Lipinski definition) is 3. The van der Waals surface area contributed by atoms with Crippen molar-refractivity contribution in [3.63, 3.8) is 0 Å². The van der Waals surface area contributed by atoms with Crippen LogP contribution in [0.15, 0.2) is 97.1 Å². The van der Waals surface area contributed by atoms with Gasteiger partial charge < -0.3 is 29.9 Å². The maximum atomic E-state index is 12.8. The molecule has 6 rings (SSSR count). The number of aliphatic hydroxyl groups excluding tert-OH is 1. The molecule has 0 saturated carbocycles. The van der Waals surface area contributed by atoms with Gasteiger partial charge in [-0.05, 0) is 66.3 Å². The Bertz CT molecular complexity index is 1700. The summed E-state index contributed by atoms with van der Waals surface area (Å²) in [5.41, 5.74) is 4.69. The number of Topliss-reactive ketones (excluding diaryl/α,β-unsaturated/α-hetero) is 1. The Labute approximate surface area is 286 Å². The zero-order valence-electron chi connectivity index (χ0n) is 27.0. The smallest absolute Gasteiger partial charge is 0.228 e. The average molecular weight is 669 g/mol. The normalized spacial score (nSPS) is 21.0. The number of carbonyl (C=O) groups is 2. The van der Waals surface area contributed by atoms with Crippen LogP contribution in [0.3, 0.4) is 0 Å². The molecule has 0 aromatic heterocycles. The highest BCUT2D eigenvalue weighted by molar-refractivity contribution is 6.30. The molecule has 0 spiro atoms. The third-order valence-corrected chi connectivity index (χ3v) is 9.56. The van der Waals surface area contributed by atoms with Crippen LogP contribution in [0, 0.1) is 0 Å². The number of hydrogen-bond acceptors (Lipinski definition) is 7. The molecule has 3 atom stereocenters. The molecule has 0 bridgehead atoms. The SMILES string of the molecule is CC(=O)c1cccc(NC(=O)Cc2ccc(C3OC(CN4CCC(O)(c5ccc(Cl)cc5)CC4)CC(c4ccc(CO)cc4)O3)cc2)c1. The van der Waals surface area contributed by atoms with Crippen molar-refractivity contribution in [1.29, 1.82) is 0 Å². The predicted octanol–water partition coefficient (Wildman–Crippen LogP) is 6.75. The standard InChI is InChI=1S/C39H41ClN2O6/c1-26(44)31-3-2-4-34(22-31)41-37(45)21-27-5-11-30(12-6-27)38-47-35(23-36(48-38)29-9-7-28(25-43)8-10-29)24-42-19-17-39(46,18-20-42)32-13-15-33(40)16-14-32/h2-16,22,35-36,38,43,46H,17-21,23-25H2,1H3,(H,41,45). The van der Waals surface area contributed by atoms with Crippen molar-refractivity contribution in [2.45, 2.75) is 63.3 Å². The van der Waals surface area contributed by atoms with Gasteiger partial charge in [-0.3, -0.25) is 9.59 Å². The molecular formula is C39H41ClN2O6. The predicted molar refractivity (Wildman–Crippen MR) is 185 cm³/mol. The largest absolute Gasteiger partial charge is 0.392 e. The summed E-state index contributed by atoms with van der Waals surface area (Å²) in [6, 6.07) is 29.9. The Hall–Kier alpha value is -3.89. The molecule has 2 saturated heterocycles. The fourth-order valence-corrected chi connectivity index (χ4v) is 6.60. The van der Waals surface area contributed by atoms with Gasteiger partial charge in [-0.1, -0.05) is 84.4 Å². The van der Waals surface area contributed by atoms with Crippen molar-refractivity contribution in [1.82, 2.24) is 4.90 Å². The molecule has 3 N–H and O–H groups in total. The lowest BCUT2D eigenvalue weighted by molar-refractivity contribution is -0.253. The second kappa shape index (κ2) is 15.1. The van der Waals surface area contributed by atoms with Crippen LogP contribution in [0.25, 0.3) is 0 Å². The van der Waals surface area contributed by atoms with Gasteiger partial charge in [0.15, 0.2) is 12.1 Å². The minimum atomic E-state index is -0.881. The fraction of sp³-hybridized carbons (Fsp3) is 0.333. The van der Waals surface area contributed by atoms with Gasteiger partial charge in [-0.2, -0.15) is 0 Å². The zero-order chi connectivity index (χ0) is 33.7. The van der Waals surface area contributed by atoms with Crippen LogP contribution < -0.4 is 5.32 Å². The number of likely N-dealkylation sites (tertiary alicyclic amines) is 1. The summed E-state index contributed by atoms with van der Waals surface area (Å²) < 4.78 is 13.1. The third-order valence-electron chi connectivity index (χ3n) is 9.31. The van der Waals surface area contributed by atoms with E-state index in [0.717, 1.165) is 40.9 Å². The Morgan fingerprint density at radius 3 is 2.23 bits per heavy atom. The molecule has 3 unspecified atom stereocenters. The molecule has 1 amide bonds. The van der Waals surface area contributed by atoms with Crippen LogP contribution in [0.5, 0.6) is 0 Å². The number of amides is 1. The van der Waals surface area contributed by atoms with Gasteiger partial charge in [0.25, 0.3) is 0 Å². The summed E-state index contributed by atoms with van der Waals surface area (Å²) >= 11 is 6.07. The van der Waals surface area contributed by atoms with Crippen LogP contribution in [-0.2, 0) is 32.9 Å². The van der Waals surface area contributed by atoms with E-state index in [4.69, 9.17) is 21.1 Å². The highest BCUT2D eigenvalue weighted by Gasteiger charge is 2.37. The quantitative estimate of drug-likeness (QED) is 0.161. The lowest BCUT2D eigenvalue weighted by Gasteiger charge is -2.42. The lowest BCUT2D eigenvalue weighted by Crippen LogP contribution is -2.46. The van der Waals surface area contributed by atoms with E-state index in [1.54, 1.807) is 24.3 Å². The second-order valence-corrected chi connectivity index (χ2v) is 13.2. The van der Waals surface area contributed by atoms with Gasteiger partial charge in [-0.25, -0.2) is 0 Å². The van der Waals surface area contributed by atoms with Crippen LogP contribution in [0.4, 0.5) is 5.69 Å². The number of rotatable bonds is 10. The van der Waals surface area contributed by atoms with Crippen LogP contribution in [0.1, 0.15) is 76.8 Å². The highest BCUT2D eigenvalue weighted by Crippen LogP contribution is 2.39. The van der Waals surface area contributed by atoms with Crippen LogP contribution in [-0.4, -0.2) is 52.5 Å². The maximum absolute atomic E-state index is 12.8.